The molecule has 0 spiro atoms. The van der Waals surface area contributed by atoms with Gasteiger partial charge in [0.2, 0.25) is 0 Å². The number of ether oxygens (including phenoxy) is 1. The first-order valence-corrected chi connectivity index (χ1v) is 7.38. The first-order valence-electron chi connectivity index (χ1n) is 6.84. The predicted molar refractivity (Wildman–Crippen MR) is 86.0 cm³/mol. The van der Waals surface area contributed by atoms with Crippen LogP contribution >= 0.6 is 11.6 Å². The van der Waals surface area contributed by atoms with Gasteiger partial charge in [-0.2, -0.15) is 0 Å². The standard InChI is InChI=1S/C18H21ClO/c1-13-9-10-14(12-19)11-17(13)20-16-8-6-5-7-15(16)18(2,3)4/h5-11H,12H2,1-4H3. The van der Waals surface area contributed by atoms with Crippen LogP contribution in [0.3, 0.4) is 0 Å². The lowest BCUT2D eigenvalue weighted by molar-refractivity contribution is 0.452. The molecule has 0 aromatic heterocycles. The van der Waals surface area contributed by atoms with Gasteiger partial charge < -0.3 is 4.74 Å². The fraction of sp³-hybridized carbons (Fsp3) is 0.333. The maximum absolute atomic E-state index is 6.15. The second-order valence-corrected chi connectivity index (χ2v) is 6.35. The Labute approximate surface area is 126 Å². The van der Waals surface area contributed by atoms with Gasteiger partial charge in [0.15, 0.2) is 0 Å². The Morgan fingerprint density at radius 3 is 2.35 bits per heavy atom. The highest BCUT2D eigenvalue weighted by Crippen LogP contribution is 2.35. The number of benzene rings is 2. The molecule has 2 aromatic carbocycles. The average Bonchev–Trinajstić information content (AvgIpc) is 2.41. The number of hydrogen-bond acceptors (Lipinski definition) is 1. The molecule has 0 radical (unpaired) electrons. The van der Waals surface area contributed by atoms with Crippen LogP contribution in [0, 0.1) is 6.92 Å². The van der Waals surface area contributed by atoms with E-state index in [1.807, 2.05) is 37.3 Å². The van der Waals surface area contributed by atoms with Crippen LogP contribution in [0.1, 0.15) is 37.5 Å². The Bertz CT molecular complexity index is 597. The molecular formula is C18H21ClO. The molecule has 0 aliphatic heterocycles. The minimum absolute atomic E-state index is 0.0502. The molecular weight excluding hydrogens is 268 g/mol. The van der Waals surface area contributed by atoms with Gasteiger partial charge in [-0.15, -0.1) is 11.6 Å². The van der Waals surface area contributed by atoms with E-state index in [4.69, 9.17) is 16.3 Å². The van der Waals surface area contributed by atoms with Crippen molar-refractivity contribution >= 4 is 11.6 Å². The third-order valence-corrected chi connectivity index (χ3v) is 3.63. The van der Waals surface area contributed by atoms with Gasteiger partial charge in [0.05, 0.1) is 0 Å². The van der Waals surface area contributed by atoms with E-state index in [9.17, 15) is 0 Å². The third-order valence-electron chi connectivity index (χ3n) is 3.32. The van der Waals surface area contributed by atoms with E-state index in [1.165, 1.54) is 5.56 Å². The van der Waals surface area contributed by atoms with E-state index in [2.05, 4.69) is 32.9 Å². The normalized spacial score (nSPS) is 11.4. The van der Waals surface area contributed by atoms with Gasteiger partial charge in [0, 0.05) is 11.4 Å². The number of rotatable bonds is 3. The molecule has 0 amide bonds. The molecule has 0 unspecified atom stereocenters. The summed E-state index contributed by atoms with van der Waals surface area (Å²) in [6.07, 6.45) is 0. The topological polar surface area (TPSA) is 9.23 Å². The molecule has 0 aliphatic rings. The highest BCUT2D eigenvalue weighted by Gasteiger charge is 2.19. The van der Waals surface area contributed by atoms with Crippen molar-refractivity contribution in [2.45, 2.75) is 39.0 Å². The van der Waals surface area contributed by atoms with E-state index in [0.29, 0.717) is 5.88 Å². The Kier molecular flexibility index (Phi) is 4.39. The second kappa shape index (κ2) is 5.88. The second-order valence-electron chi connectivity index (χ2n) is 6.08. The molecule has 0 saturated heterocycles. The van der Waals surface area contributed by atoms with Gasteiger partial charge in [0.1, 0.15) is 11.5 Å². The minimum Gasteiger partial charge on any atom is -0.457 e. The smallest absolute Gasteiger partial charge is 0.131 e. The molecule has 20 heavy (non-hydrogen) atoms. The SMILES string of the molecule is Cc1ccc(CCl)cc1Oc1ccccc1C(C)(C)C. The summed E-state index contributed by atoms with van der Waals surface area (Å²) in [5.74, 6) is 2.28. The van der Waals surface area contributed by atoms with Crippen LogP contribution in [-0.2, 0) is 11.3 Å². The first-order chi connectivity index (χ1) is 9.41. The zero-order valence-electron chi connectivity index (χ0n) is 12.5. The Balaban J connectivity index is 2.40. The van der Waals surface area contributed by atoms with Crippen LogP contribution in [0.5, 0.6) is 11.5 Å². The first kappa shape index (κ1) is 14.9. The summed E-state index contributed by atoms with van der Waals surface area (Å²) in [5, 5.41) is 0. The molecule has 2 aromatic rings. The largest absolute Gasteiger partial charge is 0.457 e. The maximum Gasteiger partial charge on any atom is 0.131 e. The molecule has 0 heterocycles. The molecule has 0 atom stereocenters. The predicted octanol–water partition coefficient (Wildman–Crippen LogP) is 5.82. The Morgan fingerprint density at radius 2 is 1.70 bits per heavy atom. The van der Waals surface area contributed by atoms with Crippen molar-refractivity contribution in [1.29, 1.82) is 0 Å². The molecule has 1 nitrogen and oxygen atoms in total. The van der Waals surface area contributed by atoms with Crippen molar-refractivity contribution in [3.05, 3.63) is 59.2 Å². The van der Waals surface area contributed by atoms with Crippen molar-refractivity contribution in [2.75, 3.05) is 0 Å². The van der Waals surface area contributed by atoms with Crippen molar-refractivity contribution in [3.63, 3.8) is 0 Å². The number of alkyl halides is 1. The van der Waals surface area contributed by atoms with E-state index in [1.54, 1.807) is 0 Å². The van der Waals surface area contributed by atoms with E-state index in [0.717, 1.165) is 22.6 Å². The van der Waals surface area contributed by atoms with Crippen molar-refractivity contribution in [2.24, 2.45) is 0 Å². The molecule has 0 bridgehead atoms. The van der Waals surface area contributed by atoms with E-state index in [-0.39, 0.29) is 5.41 Å². The summed E-state index contributed by atoms with van der Waals surface area (Å²) in [7, 11) is 0. The minimum atomic E-state index is 0.0502. The van der Waals surface area contributed by atoms with Gasteiger partial charge >= 0.3 is 0 Å². The summed E-state index contributed by atoms with van der Waals surface area (Å²) < 4.78 is 6.15. The zero-order valence-corrected chi connectivity index (χ0v) is 13.3. The van der Waals surface area contributed by atoms with Crippen LogP contribution in [0.2, 0.25) is 0 Å². The fourth-order valence-corrected chi connectivity index (χ4v) is 2.30. The number of hydrogen-bond donors (Lipinski definition) is 0. The summed E-state index contributed by atoms with van der Waals surface area (Å²) in [5.41, 5.74) is 3.44. The zero-order chi connectivity index (χ0) is 14.8. The van der Waals surface area contributed by atoms with Gasteiger partial charge in [-0.1, -0.05) is 51.1 Å². The highest BCUT2D eigenvalue weighted by atomic mass is 35.5. The number of aryl methyl sites for hydroxylation is 1. The van der Waals surface area contributed by atoms with Gasteiger partial charge in [-0.25, -0.2) is 0 Å². The lowest BCUT2D eigenvalue weighted by Crippen LogP contribution is -2.12. The maximum atomic E-state index is 6.15. The van der Waals surface area contributed by atoms with Crippen LogP contribution in [0.25, 0.3) is 0 Å². The van der Waals surface area contributed by atoms with E-state index < -0.39 is 0 Å². The van der Waals surface area contributed by atoms with Crippen molar-refractivity contribution in [3.8, 4) is 11.5 Å². The van der Waals surface area contributed by atoms with E-state index >= 15 is 0 Å². The average molecular weight is 289 g/mol. The van der Waals surface area contributed by atoms with Crippen LogP contribution in [-0.4, -0.2) is 0 Å². The summed E-state index contributed by atoms with van der Waals surface area (Å²) >= 11 is 5.90. The molecule has 2 rings (SSSR count). The fourth-order valence-electron chi connectivity index (χ4n) is 2.13. The monoisotopic (exact) mass is 288 g/mol. The molecule has 2 heteroatoms. The lowest BCUT2D eigenvalue weighted by atomic mass is 9.86. The van der Waals surface area contributed by atoms with Crippen molar-refractivity contribution < 1.29 is 4.74 Å². The van der Waals surface area contributed by atoms with Crippen LogP contribution in [0.15, 0.2) is 42.5 Å². The van der Waals surface area contributed by atoms with Crippen LogP contribution in [0.4, 0.5) is 0 Å². The van der Waals surface area contributed by atoms with Gasteiger partial charge in [0.25, 0.3) is 0 Å². The quantitative estimate of drug-likeness (QED) is 0.646. The molecule has 0 N–H and O–H groups in total. The number of halogens is 1. The Hall–Kier alpha value is -1.47. The summed E-state index contributed by atoms with van der Waals surface area (Å²) in [6.45, 7) is 8.62. The molecule has 106 valence electrons. The van der Waals surface area contributed by atoms with Crippen LogP contribution < -0.4 is 4.74 Å². The third kappa shape index (κ3) is 3.34. The summed E-state index contributed by atoms with van der Waals surface area (Å²) in [4.78, 5) is 0. The molecule has 0 fully saturated rings. The summed E-state index contributed by atoms with van der Waals surface area (Å²) in [6, 6.07) is 14.3. The lowest BCUT2D eigenvalue weighted by Gasteiger charge is -2.23. The van der Waals surface area contributed by atoms with Gasteiger partial charge in [-0.05, 0) is 35.6 Å². The van der Waals surface area contributed by atoms with Crippen molar-refractivity contribution in [1.82, 2.24) is 0 Å². The molecule has 0 aliphatic carbocycles. The molecule has 0 saturated carbocycles. The van der Waals surface area contributed by atoms with Gasteiger partial charge in [-0.3, -0.25) is 0 Å². The number of para-hydroxylation sites is 1. The Morgan fingerprint density at radius 1 is 1.00 bits per heavy atom. The highest BCUT2D eigenvalue weighted by molar-refractivity contribution is 6.17.